The molecule has 164 valence electrons. The summed E-state index contributed by atoms with van der Waals surface area (Å²) in [5, 5.41) is 0. The van der Waals surface area contributed by atoms with Crippen molar-refractivity contribution in [1.82, 2.24) is 4.90 Å². The fraction of sp³-hybridized carbons (Fsp3) is 0.231. The smallest absolute Gasteiger partial charge is 0.194 e. The Balaban J connectivity index is 1.41. The second kappa shape index (κ2) is 8.36. The van der Waals surface area contributed by atoms with E-state index in [0.717, 1.165) is 61.8 Å². The molecule has 6 heteroatoms. The molecule has 2 aliphatic rings. The third-order valence-corrected chi connectivity index (χ3v) is 6.25. The molecule has 1 fully saturated rings. The van der Waals surface area contributed by atoms with Crippen LogP contribution in [-0.2, 0) is 0 Å². The molecule has 32 heavy (non-hydrogen) atoms. The van der Waals surface area contributed by atoms with Crippen molar-refractivity contribution >= 4 is 23.1 Å². The maximum absolute atomic E-state index is 13.7. The van der Waals surface area contributed by atoms with Crippen LogP contribution in [0, 0.1) is 17.5 Å². The molecule has 0 N–H and O–H groups in total. The van der Waals surface area contributed by atoms with Crippen molar-refractivity contribution in [2.75, 3.05) is 49.6 Å². The molecule has 0 aromatic heterocycles. The third kappa shape index (κ3) is 3.86. The lowest BCUT2D eigenvalue weighted by molar-refractivity contribution is 0.313. The van der Waals surface area contributed by atoms with Crippen LogP contribution in [0.25, 0.3) is 17.2 Å². The third-order valence-electron chi connectivity index (χ3n) is 6.25. The fourth-order valence-corrected chi connectivity index (χ4v) is 4.37. The Hall–Kier alpha value is -3.25. The van der Waals surface area contributed by atoms with Gasteiger partial charge in [-0.05, 0) is 72.3 Å². The van der Waals surface area contributed by atoms with Crippen molar-refractivity contribution in [3.05, 3.63) is 83.7 Å². The largest absolute Gasteiger partial charge is 0.369 e. The van der Waals surface area contributed by atoms with Gasteiger partial charge in [-0.1, -0.05) is 18.2 Å². The molecule has 2 aliphatic heterocycles. The maximum Gasteiger partial charge on any atom is 0.194 e. The summed E-state index contributed by atoms with van der Waals surface area (Å²) in [6.07, 6.45) is 4.07. The van der Waals surface area contributed by atoms with Crippen molar-refractivity contribution in [3.63, 3.8) is 0 Å². The summed E-state index contributed by atoms with van der Waals surface area (Å²) in [4.78, 5) is 6.95. The molecule has 0 atom stereocenters. The van der Waals surface area contributed by atoms with E-state index in [1.165, 1.54) is 5.69 Å². The molecule has 0 radical (unpaired) electrons. The highest BCUT2D eigenvalue weighted by Crippen LogP contribution is 2.36. The van der Waals surface area contributed by atoms with Crippen molar-refractivity contribution in [1.29, 1.82) is 0 Å². The molecular formula is C26H24F3N3. The number of halogens is 3. The van der Waals surface area contributed by atoms with Crippen LogP contribution >= 0.6 is 0 Å². The van der Waals surface area contributed by atoms with Crippen LogP contribution in [0.15, 0.2) is 60.7 Å². The first-order chi connectivity index (χ1) is 15.5. The van der Waals surface area contributed by atoms with E-state index in [4.69, 9.17) is 0 Å². The second-order valence-electron chi connectivity index (χ2n) is 8.35. The highest BCUT2D eigenvalue weighted by Gasteiger charge is 2.19. The van der Waals surface area contributed by atoms with Gasteiger partial charge in [-0.3, -0.25) is 0 Å². The summed E-state index contributed by atoms with van der Waals surface area (Å²) in [7, 11) is 2.15. The van der Waals surface area contributed by atoms with E-state index in [2.05, 4.69) is 52.1 Å². The average Bonchev–Trinajstić information content (AvgIpc) is 2.82. The highest BCUT2D eigenvalue weighted by atomic mass is 19.2. The zero-order chi connectivity index (χ0) is 22.2. The van der Waals surface area contributed by atoms with Crippen molar-refractivity contribution in [2.24, 2.45) is 0 Å². The summed E-state index contributed by atoms with van der Waals surface area (Å²) in [6, 6.07) is 16.3. The van der Waals surface area contributed by atoms with Gasteiger partial charge in [-0.25, -0.2) is 13.2 Å². The van der Waals surface area contributed by atoms with E-state index in [1.807, 2.05) is 24.3 Å². The lowest BCUT2D eigenvalue weighted by Gasteiger charge is -2.34. The lowest BCUT2D eigenvalue weighted by Crippen LogP contribution is -2.44. The van der Waals surface area contributed by atoms with Crippen LogP contribution < -0.4 is 9.80 Å². The number of hydrogen-bond acceptors (Lipinski definition) is 3. The van der Waals surface area contributed by atoms with Gasteiger partial charge >= 0.3 is 0 Å². The number of anilines is 3. The first-order valence-corrected chi connectivity index (χ1v) is 10.8. The predicted molar refractivity (Wildman–Crippen MR) is 124 cm³/mol. The van der Waals surface area contributed by atoms with Crippen LogP contribution in [0.2, 0.25) is 0 Å². The molecule has 3 aromatic rings. The summed E-state index contributed by atoms with van der Waals surface area (Å²) in [6.45, 7) is 4.92. The van der Waals surface area contributed by atoms with Crippen LogP contribution in [0.5, 0.6) is 0 Å². The molecule has 0 aliphatic carbocycles. The number of nitrogens with zero attached hydrogens (tertiary/aromatic N) is 3. The maximum atomic E-state index is 13.7. The Labute approximate surface area is 186 Å². The normalized spacial score (nSPS) is 16.4. The fourth-order valence-electron chi connectivity index (χ4n) is 4.37. The molecule has 3 nitrogen and oxygen atoms in total. The standard InChI is InChI=1S/C26H24F3N3/c1-30-11-13-31(14-12-30)21-5-7-22(8-6-21)32-10-2-3-19-15-18(4-9-25(19)32)20-16-23(27)26(29)24(28)17-20/h2-9,15-17H,10-14H2,1H3. The molecule has 5 rings (SSSR count). The number of benzene rings is 3. The number of rotatable bonds is 3. The molecule has 2 heterocycles. The Morgan fingerprint density at radius 1 is 0.719 bits per heavy atom. The highest BCUT2D eigenvalue weighted by molar-refractivity contribution is 5.82. The Kier molecular flexibility index (Phi) is 5.39. The van der Waals surface area contributed by atoms with E-state index >= 15 is 0 Å². The minimum absolute atomic E-state index is 0.311. The molecule has 0 spiro atoms. The van der Waals surface area contributed by atoms with Gasteiger partial charge in [-0.15, -0.1) is 0 Å². The van der Waals surface area contributed by atoms with Gasteiger partial charge in [0.25, 0.3) is 0 Å². The summed E-state index contributed by atoms with van der Waals surface area (Å²) < 4.78 is 40.7. The Morgan fingerprint density at radius 2 is 1.38 bits per heavy atom. The van der Waals surface area contributed by atoms with Gasteiger partial charge in [0.15, 0.2) is 17.5 Å². The molecule has 0 amide bonds. The first kappa shape index (κ1) is 20.6. The monoisotopic (exact) mass is 435 g/mol. The topological polar surface area (TPSA) is 9.72 Å². The van der Waals surface area contributed by atoms with Gasteiger partial charge in [-0.2, -0.15) is 0 Å². The molecule has 0 saturated carbocycles. The average molecular weight is 435 g/mol. The SMILES string of the molecule is CN1CCN(c2ccc(N3CC=Cc4cc(-c5cc(F)c(F)c(F)c5)ccc43)cc2)CC1. The van der Waals surface area contributed by atoms with E-state index in [1.54, 1.807) is 0 Å². The van der Waals surface area contributed by atoms with Crippen molar-refractivity contribution in [3.8, 4) is 11.1 Å². The van der Waals surface area contributed by atoms with Crippen LogP contribution in [0.3, 0.4) is 0 Å². The van der Waals surface area contributed by atoms with E-state index < -0.39 is 17.5 Å². The van der Waals surface area contributed by atoms with Gasteiger partial charge in [0.05, 0.1) is 0 Å². The van der Waals surface area contributed by atoms with Gasteiger partial charge < -0.3 is 14.7 Å². The summed E-state index contributed by atoms with van der Waals surface area (Å²) in [5.41, 5.74) is 5.23. The van der Waals surface area contributed by atoms with E-state index in [9.17, 15) is 13.2 Å². The summed E-state index contributed by atoms with van der Waals surface area (Å²) in [5.74, 6) is -3.82. The number of likely N-dealkylation sites (N-methyl/N-ethyl adjacent to an activating group) is 1. The van der Waals surface area contributed by atoms with Crippen LogP contribution in [0.1, 0.15) is 5.56 Å². The summed E-state index contributed by atoms with van der Waals surface area (Å²) >= 11 is 0. The first-order valence-electron chi connectivity index (χ1n) is 10.8. The molecular weight excluding hydrogens is 411 g/mol. The minimum Gasteiger partial charge on any atom is -0.369 e. The molecule has 3 aromatic carbocycles. The number of fused-ring (bicyclic) bond motifs is 1. The molecule has 0 unspecified atom stereocenters. The Morgan fingerprint density at radius 3 is 2.06 bits per heavy atom. The minimum atomic E-state index is -1.45. The van der Waals surface area contributed by atoms with Gasteiger partial charge in [0.1, 0.15) is 0 Å². The molecule has 1 saturated heterocycles. The van der Waals surface area contributed by atoms with Crippen molar-refractivity contribution in [2.45, 2.75) is 0 Å². The predicted octanol–water partition coefficient (Wildman–Crippen LogP) is 5.69. The van der Waals surface area contributed by atoms with Crippen LogP contribution in [-0.4, -0.2) is 44.7 Å². The van der Waals surface area contributed by atoms with Gasteiger partial charge in [0.2, 0.25) is 0 Å². The number of hydrogen-bond donors (Lipinski definition) is 0. The zero-order valence-electron chi connectivity index (χ0n) is 17.9. The second-order valence-corrected chi connectivity index (χ2v) is 8.35. The van der Waals surface area contributed by atoms with Gasteiger partial charge in [0, 0.05) is 49.8 Å². The van der Waals surface area contributed by atoms with Crippen LogP contribution in [0.4, 0.5) is 30.2 Å². The van der Waals surface area contributed by atoms with E-state index in [0.29, 0.717) is 11.1 Å². The molecule has 0 bridgehead atoms. The quantitative estimate of drug-likeness (QED) is 0.490. The van der Waals surface area contributed by atoms with E-state index in [-0.39, 0.29) is 0 Å². The lowest BCUT2D eigenvalue weighted by atomic mass is 9.98. The van der Waals surface area contributed by atoms with Crippen molar-refractivity contribution < 1.29 is 13.2 Å². The Bertz CT molecular complexity index is 1140. The zero-order valence-corrected chi connectivity index (χ0v) is 17.9. The number of piperazine rings is 1.